The van der Waals surface area contributed by atoms with Crippen LogP contribution in [0.25, 0.3) is 11.1 Å². The van der Waals surface area contributed by atoms with Crippen LogP contribution in [0.4, 0.5) is 0 Å². The number of fused-ring (bicyclic) bond motifs is 1. The molecule has 33 heavy (non-hydrogen) atoms. The van der Waals surface area contributed by atoms with Crippen LogP contribution in [0.2, 0.25) is 5.02 Å². The number of aromatic nitrogens is 2. The smallest absolute Gasteiger partial charge is 0.231 e. The number of imidazole rings is 1. The molecule has 3 aromatic carbocycles. The highest BCUT2D eigenvalue weighted by molar-refractivity contribution is 6.30. The highest BCUT2D eigenvalue weighted by atomic mass is 35.5. The summed E-state index contributed by atoms with van der Waals surface area (Å²) in [5.74, 6) is 1.43. The number of benzene rings is 3. The average molecular weight is 458 g/mol. The molecule has 0 N–H and O–H groups in total. The Balaban J connectivity index is 1.31. The van der Waals surface area contributed by atoms with E-state index < -0.39 is 0 Å². The minimum absolute atomic E-state index is 0.219. The second-order valence-electron chi connectivity index (χ2n) is 7.68. The molecule has 0 amide bonds. The molecule has 0 aliphatic carbocycles. The number of hydrogen-bond donors (Lipinski definition) is 0. The van der Waals surface area contributed by atoms with E-state index in [0.717, 1.165) is 33.7 Å². The van der Waals surface area contributed by atoms with Gasteiger partial charge in [0.05, 0.1) is 43.1 Å². The van der Waals surface area contributed by atoms with Crippen LogP contribution >= 0.6 is 11.6 Å². The van der Waals surface area contributed by atoms with Gasteiger partial charge in [0.15, 0.2) is 11.5 Å². The van der Waals surface area contributed by atoms with Gasteiger partial charge in [0.2, 0.25) is 6.79 Å². The molecule has 0 bridgehead atoms. The minimum atomic E-state index is 0.219. The van der Waals surface area contributed by atoms with Crippen LogP contribution in [-0.4, -0.2) is 16.3 Å². The first-order valence-corrected chi connectivity index (χ1v) is 10.8. The van der Waals surface area contributed by atoms with Gasteiger partial charge in [-0.1, -0.05) is 35.9 Å². The van der Waals surface area contributed by atoms with E-state index in [2.05, 4.69) is 15.6 Å². The maximum Gasteiger partial charge on any atom is 0.231 e. The van der Waals surface area contributed by atoms with Crippen molar-refractivity contribution in [3.63, 3.8) is 0 Å². The Bertz CT molecular complexity index is 1330. The molecule has 5 rings (SSSR count). The first kappa shape index (κ1) is 21.1. The first-order chi connectivity index (χ1) is 16.2. The van der Waals surface area contributed by atoms with Crippen molar-refractivity contribution in [1.82, 2.24) is 9.55 Å². The molecule has 2 heterocycles. The second-order valence-corrected chi connectivity index (χ2v) is 8.12. The fraction of sp³-hybridized carbons (Fsp3) is 0.154. The SMILES string of the molecule is N#Cc1ccc(COCc2cncn2Cc2ccc(Cl)cc2)c(-c2ccc3c(c2)OCO3)c1. The van der Waals surface area contributed by atoms with Crippen molar-refractivity contribution in [2.24, 2.45) is 0 Å². The molecule has 0 fully saturated rings. The summed E-state index contributed by atoms with van der Waals surface area (Å²) in [7, 11) is 0. The molecule has 0 spiro atoms. The third-order valence-corrected chi connectivity index (χ3v) is 5.75. The topological polar surface area (TPSA) is 69.3 Å². The van der Waals surface area contributed by atoms with E-state index in [1.165, 1.54) is 0 Å². The third-order valence-electron chi connectivity index (χ3n) is 5.49. The lowest BCUT2D eigenvalue weighted by molar-refractivity contribution is 0.103. The van der Waals surface area contributed by atoms with Crippen LogP contribution in [0.5, 0.6) is 11.5 Å². The molecule has 1 aliphatic heterocycles. The maximum atomic E-state index is 9.38. The summed E-state index contributed by atoms with van der Waals surface area (Å²) in [6.07, 6.45) is 3.61. The van der Waals surface area contributed by atoms with E-state index in [4.69, 9.17) is 25.8 Å². The summed E-state index contributed by atoms with van der Waals surface area (Å²) in [6, 6.07) is 21.4. The van der Waals surface area contributed by atoms with Crippen molar-refractivity contribution in [3.8, 4) is 28.7 Å². The molecule has 164 valence electrons. The Kier molecular flexibility index (Phi) is 5.99. The van der Waals surface area contributed by atoms with Crippen molar-refractivity contribution in [3.05, 3.63) is 101 Å². The number of halogens is 1. The average Bonchev–Trinajstić information content (AvgIpc) is 3.49. The van der Waals surface area contributed by atoms with Crippen LogP contribution in [-0.2, 0) is 24.5 Å². The van der Waals surface area contributed by atoms with E-state index in [1.807, 2.05) is 60.8 Å². The Morgan fingerprint density at radius 3 is 2.70 bits per heavy atom. The fourth-order valence-corrected chi connectivity index (χ4v) is 3.89. The molecule has 1 aliphatic rings. The first-order valence-electron chi connectivity index (χ1n) is 10.4. The van der Waals surface area contributed by atoms with E-state index in [1.54, 1.807) is 12.4 Å². The van der Waals surface area contributed by atoms with E-state index >= 15 is 0 Å². The second kappa shape index (κ2) is 9.37. The van der Waals surface area contributed by atoms with Gasteiger partial charge in [0.25, 0.3) is 0 Å². The molecular formula is C26H20ClN3O3. The zero-order valence-corrected chi connectivity index (χ0v) is 18.5. The van der Waals surface area contributed by atoms with Crippen molar-refractivity contribution >= 4 is 11.6 Å². The van der Waals surface area contributed by atoms with Crippen LogP contribution in [0, 0.1) is 11.3 Å². The van der Waals surface area contributed by atoms with Crippen LogP contribution in [0.3, 0.4) is 0 Å². The summed E-state index contributed by atoms with van der Waals surface area (Å²) in [6.45, 7) is 1.71. The number of hydrogen-bond acceptors (Lipinski definition) is 5. The van der Waals surface area contributed by atoms with Gasteiger partial charge >= 0.3 is 0 Å². The Morgan fingerprint density at radius 1 is 1.00 bits per heavy atom. The van der Waals surface area contributed by atoms with Gasteiger partial charge in [-0.15, -0.1) is 0 Å². The predicted molar refractivity (Wildman–Crippen MR) is 124 cm³/mol. The summed E-state index contributed by atoms with van der Waals surface area (Å²) < 4.78 is 19.1. The van der Waals surface area contributed by atoms with Crippen LogP contribution < -0.4 is 9.47 Å². The monoisotopic (exact) mass is 457 g/mol. The summed E-state index contributed by atoms with van der Waals surface area (Å²) in [5, 5.41) is 10.1. The van der Waals surface area contributed by atoms with Gasteiger partial charge in [-0.05, 0) is 58.7 Å². The fourth-order valence-electron chi connectivity index (χ4n) is 3.77. The third kappa shape index (κ3) is 4.70. The molecule has 0 atom stereocenters. The molecule has 7 heteroatoms. The zero-order chi connectivity index (χ0) is 22.6. The number of nitriles is 1. The molecule has 0 radical (unpaired) electrons. The minimum Gasteiger partial charge on any atom is -0.454 e. The van der Waals surface area contributed by atoms with E-state index in [9.17, 15) is 5.26 Å². The Labute approximate surface area is 196 Å². The molecule has 1 aromatic heterocycles. The highest BCUT2D eigenvalue weighted by Crippen LogP contribution is 2.37. The van der Waals surface area contributed by atoms with Crippen molar-refractivity contribution in [2.75, 3.05) is 6.79 Å². The van der Waals surface area contributed by atoms with E-state index in [0.29, 0.717) is 36.1 Å². The number of ether oxygens (including phenoxy) is 3. The van der Waals surface area contributed by atoms with Gasteiger partial charge in [-0.2, -0.15) is 5.26 Å². The van der Waals surface area contributed by atoms with Gasteiger partial charge < -0.3 is 18.8 Å². The van der Waals surface area contributed by atoms with Crippen LogP contribution in [0.1, 0.15) is 22.4 Å². The normalized spacial score (nSPS) is 12.0. The lowest BCUT2D eigenvalue weighted by Crippen LogP contribution is -2.05. The van der Waals surface area contributed by atoms with Crippen LogP contribution in [0.15, 0.2) is 73.2 Å². The molecule has 6 nitrogen and oxygen atoms in total. The quantitative estimate of drug-likeness (QED) is 0.363. The summed E-state index contributed by atoms with van der Waals surface area (Å²) >= 11 is 5.99. The molecule has 0 saturated heterocycles. The standard InChI is InChI=1S/C26H20ClN3O3/c27-22-6-2-18(3-7-22)13-30-16-29-12-23(30)15-31-14-21-4-1-19(11-28)9-24(21)20-5-8-25-26(10-20)33-17-32-25/h1-10,12,16H,13-15,17H2. The lowest BCUT2D eigenvalue weighted by atomic mass is 9.97. The van der Waals surface area contributed by atoms with Crippen molar-refractivity contribution < 1.29 is 14.2 Å². The van der Waals surface area contributed by atoms with E-state index in [-0.39, 0.29) is 6.79 Å². The van der Waals surface area contributed by atoms with Gasteiger partial charge in [0, 0.05) is 11.6 Å². The largest absolute Gasteiger partial charge is 0.454 e. The van der Waals surface area contributed by atoms with Crippen molar-refractivity contribution in [2.45, 2.75) is 19.8 Å². The predicted octanol–water partition coefficient (Wildman–Crippen LogP) is 5.57. The van der Waals surface area contributed by atoms with Gasteiger partial charge in [-0.25, -0.2) is 4.98 Å². The summed E-state index contributed by atoms with van der Waals surface area (Å²) in [4.78, 5) is 4.28. The molecular weight excluding hydrogens is 438 g/mol. The summed E-state index contributed by atoms with van der Waals surface area (Å²) in [5.41, 5.74) is 5.56. The Morgan fingerprint density at radius 2 is 1.85 bits per heavy atom. The number of rotatable bonds is 7. The lowest BCUT2D eigenvalue weighted by Gasteiger charge is -2.13. The number of nitrogens with zero attached hydrogens (tertiary/aromatic N) is 3. The molecule has 0 unspecified atom stereocenters. The Hall–Kier alpha value is -3.79. The molecule has 0 saturated carbocycles. The highest BCUT2D eigenvalue weighted by Gasteiger charge is 2.16. The van der Waals surface area contributed by atoms with Gasteiger partial charge in [0.1, 0.15) is 0 Å². The maximum absolute atomic E-state index is 9.38. The van der Waals surface area contributed by atoms with Gasteiger partial charge in [-0.3, -0.25) is 0 Å². The molecule has 4 aromatic rings. The van der Waals surface area contributed by atoms with Crippen molar-refractivity contribution in [1.29, 1.82) is 5.26 Å². The zero-order valence-electron chi connectivity index (χ0n) is 17.7.